The molecule has 15 heavy (non-hydrogen) atoms. The number of nitrogens with one attached hydrogen (secondary N) is 1. The first kappa shape index (κ1) is 11.1. The van der Waals surface area contributed by atoms with Gasteiger partial charge in [0.1, 0.15) is 5.71 Å². The van der Waals surface area contributed by atoms with Gasteiger partial charge in [0.05, 0.1) is 12.3 Å². The van der Waals surface area contributed by atoms with Crippen LogP contribution in [0.2, 0.25) is 0 Å². The largest absolute Gasteiger partial charge is 0.390 e. The molecular weight excluding hydrogens is 192 g/mol. The molecule has 1 rings (SSSR count). The van der Waals surface area contributed by atoms with Gasteiger partial charge in [0.15, 0.2) is 0 Å². The highest BCUT2D eigenvalue weighted by Gasteiger charge is 2.05. The van der Waals surface area contributed by atoms with Crippen LogP contribution < -0.4 is 5.43 Å². The SMILES string of the molecule is C=CC(=O)/C(CO)=N\Nc1ccccc1. The van der Waals surface area contributed by atoms with Gasteiger partial charge in [-0.3, -0.25) is 10.2 Å². The average Bonchev–Trinajstić information content (AvgIpc) is 2.31. The fraction of sp³-hybridized carbons (Fsp3) is 0.0909. The Kier molecular flexibility index (Phi) is 4.25. The molecular formula is C11H12N2O2. The molecule has 0 radical (unpaired) electrons. The molecule has 0 spiro atoms. The van der Waals surface area contributed by atoms with E-state index in [-0.39, 0.29) is 11.5 Å². The fourth-order valence-corrected chi connectivity index (χ4v) is 0.931. The van der Waals surface area contributed by atoms with Crippen LogP contribution in [0, 0.1) is 0 Å². The second-order valence-electron chi connectivity index (χ2n) is 2.76. The van der Waals surface area contributed by atoms with E-state index in [1.165, 1.54) is 0 Å². The number of ketones is 1. The summed E-state index contributed by atoms with van der Waals surface area (Å²) in [6.07, 6.45) is 1.11. The maximum atomic E-state index is 11.1. The summed E-state index contributed by atoms with van der Waals surface area (Å²) in [4.78, 5) is 11.1. The van der Waals surface area contributed by atoms with E-state index in [1.807, 2.05) is 18.2 Å². The zero-order chi connectivity index (χ0) is 11.1. The smallest absolute Gasteiger partial charge is 0.203 e. The van der Waals surface area contributed by atoms with E-state index in [9.17, 15) is 4.79 Å². The number of rotatable bonds is 5. The maximum Gasteiger partial charge on any atom is 0.203 e. The molecule has 0 unspecified atom stereocenters. The van der Waals surface area contributed by atoms with Gasteiger partial charge >= 0.3 is 0 Å². The molecule has 2 N–H and O–H groups in total. The Morgan fingerprint density at radius 1 is 1.47 bits per heavy atom. The number of carbonyl (C=O) groups excluding carboxylic acids is 1. The fourth-order valence-electron chi connectivity index (χ4n) is 0.931. The second-order valence-corrected chi connectivity index (χ2v) is 2.76. The molecule has 0 aliphatic carbocycles. The highest BCUT2D eigenvalue weighted by atomic mass is 16.3. The van der Waals surface area contributed by atoms with Gasteiger partial charge in [-0.2, -0.15) is 5.10 Å². The molecule has 0 bridgehead atoms. The van der Waals surface area contributed by atoms with Crippen LogP contribution in [0.15, 0.2) is 48.1 Å². The Morgan fingerprint density at radius 2 is 2.13 bits per heavy atom. The number of allylic oxidation sites excluding steroid dienone is 1. The van der Waals surface area contributed by atoms with E-state index in [0.29, 0.717) is 0 Å². The molecule has 4 heteroatoms. The lowest BCUT2D eigenvalue weighted by molar-refractivity contribution is -0.109. The Labute approximate surface area is 87.9 Å². The molecule has 0 fully saturated rings. The molecule has 0 aliphatic heterocycles. The summed E-state index contributed by atoms with van der Waals surface area (Å²) < 4.78 is 0. The number of aliphatic hydroxyl groups is 1. The number of anilines is 1. The molecule has 0 aliphatic rings. The van der Waals surface area contributed by atoms with Crippen LogP contribution in [-0.2, 0) is 4.79 Å². The van der Waals surface area contributed by atoms with Gasteiger partial charge in [-0.15, -0.1) is 0 Å². The van der Waals surface area contributed by atoms with E-state index in [0.717, 1.165) is 11.8 Å². The number of carbonyl (C=O) groups is 1. The summed E-state index contributed by atoms with van der Waals surface area (Å²) in [5, 5.41) is 12.6. The first-order valence-electron chi connectivity index (χ1n) is 4.43. The van der Waals surface area contributed by atoms with Crippen molar-refractivity contribution in [1.82, 2.24) is 0 Å². The van der Waals surface area contributed by atoms with Crippen molar-refractivity contribution in [2.45, 2.75) is 0 Å². The van der Waals surface area contributed by atoms with Crippen LogP contribution in [0.1, 0.15) is 0 Å². The summed E-state index contributed by atoms with van der Waals surface area (Å²) >= 11 is 0. The lowest BCUT2D eigenvalue weighted by Crippen LogP contribution is -2.17. The Hall–Kier alpha value is -1.94. The highest BCUT2D eigenvalue weighted by Crippen LogP contribution is 2.04. The normalized spacial score (nSPS) is 10.9. The molecule has 0 atom stereocenters. The highest BCUT2D eigenvalue weighted by molar-refractivity contribution is 6.44. The maximum absolute atomic E-state index is 11.1. The van der Waals surface area contributed by atoms with E-state index < -0.39 is 6.61 Å². The molecule has 0 saturated heterocycles. The number of benzene rings is 1. The van der Waals surface area contributed by atoms with Gasteiger partial charge in [0.25, 0.3) is 0 Å². The van der Waals surface area contributed by atoms with Gasteiger partial charge in [-0.05, 0) is 18.2 Å². The van der Waals surface area contributed by atoms with Crippen molar-refractivity contribution < 1.29 is 9.90 Å². The van der Waals surface area contributed by atoms with Crippen LogP contribution in [0.25, 0.3) is 0 Å². The number of aliphatic hydroxyl groups excluding tert-OH is 1. The zero-order valence-corrected chi connectivity index (χ0v) is 8.18. The third kappa shape index (κ3) is 3.36. The second kappa shape index (κ2) is 5.72. The van der Waals surface area contributed by atoms with Crippen molar-refractivity contribution in [3.05, 3.63) is 43.0 Å². The zero-order valence-electron chi connectivity index (χ0n) is 8.18. The minimum atomic E-state index is -0.412. The van der Waals surface area contributed by atoms with E-state index >= 15 is 0 Å². The summed E-state index contributed by atoms with van der Waals surface area (Å²) in [5.41, 5.74) is 3.46. The van der Waals surface area contributed by atoms with Gasteiger partial charge in [-0.1, -0.05) is 24.8 Å². The van der Waals surface area contributed by atoms with Gasteiger partial charge in [0, 0.05) is 0 Å². The summed E-state index contributed by atoms with van der Waals surface area (Å²) in [6.45, 7) is 2.90. The molecule has 1 aromatic rings. The lowest BCUT2D eigenvalue weighted by atomic mass is 10.2. The first-order valence-corrected chi connectivity index (χ1v) is 4.43. The van der Waals surface area contributed by atoms with Crippen LogP contribution in [0.5, 0.6) is 0 Å². The van der Waals surface area contributed by atoms with Crippen molar-refractivity contribution in [2.24, 2.45) is 5.10 Å². The van der Waals surface area contributed by atoms with Crippen LogP contribution in [0.3, 0.4) is 0 Å². The molecule has 78 valence electrons. The van der Waals surface area contributed by atoms with E-state index in [4.69, 9.17) is 5.11 Å². The standard InChI is InChI=1S/C11H12N2O2/c1-2-11(15)10(8-14)13-12-9-6-4-3-5-7-9/h2-7,12,14H,1,8H2/b13-10-. The van der Waals surface area contributed by atoms with Gasteiger partial charge < -0.3 is 5.11 Å². The van der Waals surface area contributed by atoms with Gasteiger partial charge in [0.2, 0.25) is 5.78 Å². The van der Waals surface area contributed by atoms with Crippen molar-refractivity contribution >= 4 is 17.2 Å². The quantitative estimate of drug-likeness (QED) is 0.430. The molecule has 0 amide bonds. The topological polar surface area (TPSA) is 61.7 Å². The summed E-state index contributed by atoms with van der Waals surface area (Å²) in [5.74, 6) is -0.388. The summed E-state index contributed by atoms with van der Waals surface area (Å²) in [6, 6.07) is 9.15. The molecule has 0 heterocycles. The van der Waals surface area contributed by atoms with Crippen molar-refractivity contribution in [3.63, 3.8) is 0 Å². The number of hydrogen-bond acceptors (Lipinski definition) is 4. The minimum Gasteiger partial charge on any atom is -0.390 e. The number of hydrogen-bond donors (Lipinski definition) is 2. The van der Waals surface area contributed by atoms with Gasteiger partial charge in [-0.25, -0.2) is 0 Å². The summed E-state index contributed by atoms with van der Waals surface area (Å²) in [7, 11) is 0. The predicted octanol–water partition coefficient (Wildman–Crippen LogP) is 1.20. The number of nitrogens with zero attached hydrogens (tertiary/aromatic N) is 1. The Bertz CT molecular complexity index is 371. The van der Waals surface area contributed by atoms with E-state index in [1.54, 1.807) is 12.1 Å². The number of hydrazone groups is 1. The molecule has 4 nitrogen and oxygen atoms in total. The first-order chi connectivity index (χ1) is 7.27. The average molecular weight is 204 g/mol. The minimum absolute atomic E-state index is 0.0360. The molecule has 0 saturated carbocycles. The Balaban J connectivity index is 2.71. The van der Waals surface area contributed by atoms with Crippen LogP contribution >= 0.6 is 0 Å². The van der Waals surface area contributed by atoms with E-state index in [2.05, 4.69) is 17.1 Å². The molecule has 1 aromatic carbocycles. The predicted molar refractivity (Wildman–Crippen MR) is 59.8 cm³/mol. The molecule has 0 aromatic heterocycles. The van der Waals surface area contributed by atoms with Crippen molar-refractivity contribution in [3.8, 4) is 0 Å². The van der Waals surface area contributed by atoms with Crippen molar-refractivity contribution in [2.75, 3.05) is 12.0 Å². The van der Waals surface area contributed by atoms with Crippen molar-refractivity contribution in [1.29, 1.82) is 0 Å². The van der Waals surface area contributed by atoms with Crippen LogP contribution in [-0.4, -0.2) is 23.2 Å². The third-order valence-electron chi connectivity index (χ3n) is 1.71. The third-order valence-corrected chi connectivity index (χ3v) is 1.71. The lowest BCUT2D eigenvalue weighted by Gasteiger charge is -2.01. The van der Waals surface area contributed by atoms with Crippen LogP contribution in [0.4, 0.5) is 5.69 Å². The number of para-hydroxylation sites is 1. The monoisotopic (exact) mass is 204 g/mol. The Morgan fingerprint density at radius 3 is 2.67 bits per heavy atom.